The molecule has 2 aliphatic rings. The molecule has 0 saturated carbocycles. The zero-order valence-electron chi connectivity index (χ0n) is 18.9. The molecule has 33 heavy (non-hydrogen) atoms. The van der Waals surface area contributed by atoms with Crippen molar-refractivity contribution in [1.82, 2.24) is 9.21 Å². The Morgan fingerprint density at radius 1 is 0.879 bits per heavy atom. The van der Waals surface area contributed by atoms with E-state index in [1.54, 1.807) is 16.4 Å². The minimum Gasteiger partial charge on any atom is -0.368 e. The van der Waals surface area contributed by atoms with Gasteiger partial charge in [-0.3, -0.25) is 4.79 Å². The highest BCUT2D eigenvalue weighted by atomic mass is 32.2. The van der Waals surface area contributed by atoms with Crippen molar-refractivity contribution in [2.24, 2.45) is 5.92 Å². The van der Waals surface area contributed by atoms with Crippen molar-refractivity contribution in [2.45, 2.75) is 25.7 Å². The molecular formula is C25H32FN3O3S. The van der Waals surface area contributed by atoms with E-state index in [1.165, 1.54) is 12.1 Å². The fourth-order valence-electron chi connectivity index (χ4n) is 4.71. The van der Waals surface area contributed by atoms with Crippen LogP contribution in [0.1, 0.15) is 24.8 Å². The third-order valence-electron chi connectivity index (χ3n) is 6.69. The Hall–Kier alpha value is -2.45. The van der Waals surface area contributed by atoms with Gasteiger partial charge in [0.15, 0.2) is 0 Å². The number of piperidine rings is 1. The fraction of sp³-hybridized carbons (Fsp3) is 0.480. The van der Waals surface area contributed by atoms with Gasteiger partial charge in [-0.2, -0.15) is 0 Å². The number of halogens is 1. The van der Waals surface area contributed by atoms with Crippen LogP contribution in [0.25, 0.3) is 0 Å². The summed E-state index contributed by atoms with van der Waals surface area (Å²) in [7, 11) is -3.29. The molecule has 2 aromatic rings. The van der Waals surface area contributed by atoms with Crippen LogP contribution in [0.3, 0.4) is 0 Å². The predicted octanol–water partition coefficient (Wildman–Crippen LogP) is 3.15. The van der Waals surface area contributed by atoms with Gasteiger partial charge in [-0.1, -0.05) is 30.3 Å². The highest BCUT2D eigenvalue weighted by Gasteiger charge is 2.33. The van der Waals surface area contributed by atoms with E-state index in [2.05, 4.69) is 4.90 Å². The normalized spacial score (nSPS) is 18.5. The average Bonchev–Trinajstić information content (AvgIpc) is 2.85. The molecule has 6 nitrogen and oxygen atoms in total. The number of nitrogens with zero attached hydrogens (tertiary/aromatic N) is 3. The highest BCUT2D eigenvalue weighted by molar-refractivity contribution is 7.89. The lowest BCUT2D eigenvalue weighted by Gasteiger charge is -2.39. The number of anilines is 1. The molecule has 0 unspecified atom stereocenters. The van der Waals surface area contributed by atoms with E-state index >= 15 is 0 Å². The van der Waals surface area contributed by atoms with E-state index in [1.807, 2.05) is 35.2 Å². The minimum absolute atomic E-state index is 0.113. The van der Waals surface area contributed by atoms with E-state index in [4.69, 9.17) is 0 Å². The number of rotatable bonds is 7. The Labute approximate surface area is 196 Å². The number of hydrogen-bond acceptors (Lipinski definition) is 4. The maximum absolute atomic E-state index is 13.1. The second kappa shape index (κ2) is 10.7. The van der Waals surface area contributed by atoms with Crippen molar-refractivity contribution in [1.29, 1.82) is 0 Å². The van der Waals surface area contributed by atoms with Crippen LogP contribution in [0.5, 0.6) is 0 Å². The third kappa shape index (κ3) is 6.12. The van der Waals surface area contributed by atoms with Crippen LogP contribution in [0, 0.1) is 11.7 Å². The monoisotopic (exact) mass is 473 g/mol. The summed E-state index contributed by atoms with van der Waals surface area (Å²) >= 11 is 0. The minimum atomic E-state index is -3.29. The Balaban J connectivity index is 1.21. The molecule has 4 rings (SSSR count). The van der Waals surface area contributed by atoms with Crippen LogP contribution in [-0.4, -0.2) is 68.6 Å². The topological polar surface area (TPSA) is 60.9 Å². The first kappa shape index (κ1) is 23.7. The lowest BCUT2D eigenvalue weighted by Crippen LogP contribution is -2.52. The van der Waals surface area contributed by atoms with Crippen LogP contribution in [0.15, 0.2) is 54.6 Å². The molecule has 0 atom stereocenters. The van der Waals surface area contributed by atoms with Gasteiger partial charge in [-0.25, -0.2) is 17.1 Å². The molecule has 0 N–H and O–H groups in total. The van der Waals surface area contributed by atoms with Gasteiger partial charge in [0, 0.05) is 50.9 Å². The number of piperazine rings is 1. The largest absolute Gasteiger partial charge is 0.368 e. The first-order valence-electron chi connectivity index (χ1n) is 11.7. The molecule has 2 fully saturated rings. The number of aryl methyl sites for hydroxylation is 1. The van der Waals surface area contributed by atoms with Crippen LogP contribution in [0.2, 0.25) is 0 Å². The molecule has 1 amide bonds. The van der Waals surface area contributed by atoms with E-state index in [0.717, 1.165) is 17.7 Å². The van der Waals surface area contributed by atoms with Crippen molar-refractivity contribution in [3.63, 3.8) is 0 Å². The zero-order valence-corrected chi connectivity index (χ0v) is 19.7. The summed E-state index contributed by atoms with van der Waals surface area (Å²) < 4.78 is 40.2. The van der Waals surface area contributed by atoms with E-state index in [0.29, 0.717) is 58.5 Å². The molecule has 8 heteroatoms. The summed E-state index contributed by atoms with van der Waals surface area (Å²) in [4.78, 5) is 17.1. The Morgan fingerprint density at radius 3 is 2.15 bits per heavy atom. The number of hydrogen-bond donors (Lipinski definition) is 0. The quantitative estimate of drug-likeness (QED) is 0.620. The lowest BCUT2D eigenvalue weighted by molar-refractivity contribution is -0.137. The van der Waals surface area contributed by atoms with Gasteiger partial charge in [0.2, 0.25) is 15.9 Å². The molecule has 0 aromatic heterocycles. The molecular weight excluding hydrogens is 441 g/mol. The first-order chi connectivity index (χ1) is 15.9. The summed E-state index contributed by atoms with van der Waals surface area (Å²) in [6, 6.07) is 16.4. The Bertz CT molecular complexity index is 1010. The summed E-state index contributed by atoms with van der Waals surface area (Å²) in [5.74, 6) is -0.0867. The smallest absolute Gasteiger partial charge is 0.225 e. The van der Waals surface area contributed by atoms with Crippen molar-refractivity contribution in [3.05, 3.63) is 66.0 Å². The average molecular weight is 474 g/mol. The second-order valence-corrected chi connectivity index (χ2v) is 11.0. The molecule has 0 bridgehead atoms. The number of sulfonamides is 1. The van der Waals surface area contributed by atoms with E-state index in [9.17, 15) is 17.6 Å². The fourth-order valence-corrected chi connectivity index (χ4v) is 6.24. The SMILES string of the molecule is O=C(C1CCN(S(=O)(=O)CCCc2ccccc2)CC1)N1CCN(c2ccc(F)cc2)CC1. The second-order valence-electron chi connectivity index (χ2n) is 8.87. The molecule has 2 heterocycles. The van der Waals surface area contributed by atoms with Crippen molar-refractivity contribution in [2.75, 3.05) is 49.9 Å². The molecule has 0 spiro atoms. The first-order valence-corrected chi connectivity index (χ1v) is 13.3. The van der Waals surface area contributed by atoms with Gasteiger partial charge in [-0.05, 0) is 55.5 Å². The molecule has 0 aliphatic carbocycles. The molecule has 178 valence electrons. The number of amides is 1. The van der Waals surface area contributed by atoms with E-state index < -0.39 is 10.0 Å². The predicted molar refractivity (Wildman–Crippen MR) is 128 cm³/mol. The molecule has 2 aromatic carbocycles. The van der Waals surface area contributed by atoms with Gasteiger partial charge in [0.25, 0.3) is 0 Å². The highest BCUT2D eigenvalue weighted by Crippen LogP contribution is 2.24. The summed E-state index contributed by atoms with van der Waals surface area (Å²) in [5, 5.41) is 0. The Morgan fingerprint density at radius 2 is 1.52 bits per heavy atom. The van der Waals surface area contributed by atoms with Crippen LogP contribution < -0.4 is 4.90 Å². The third-order valence-corrected chi connectivity index (χ3v) is 8.65. The number of benzene rings is 2. The standard InChI is InChI=1S/C25H32FN3O3S/c26-23-8-10-24(11-9-23)27-16-18-28(19-17-27)25(30)22-12-14-29(15-13-22)33(31,32)20-4-7-21-5-2-1-3-6-21/h1-3,5-6,8-11,22H,4,7,12-20H2. The Kier molecular flexibility index (Phi) is 7.65. The van der Waals surface area contributed by atoms with Crippen LogP contribution in [-0.2, 0) is 21.2 Å². The number of carbonyl (C=O) groups is 1. The summed E-state index contributed by atoms with van der Waals surface area (Å²) in [6.45, 7) is 3.53. The molecule has 2 aliphatic heterocycles. The van der Waals surface area contributed by atoms with Gasteiger partial charge in [0.1, 0.15) is 5.82 Å². The maximum atomic E-state index is 13.1. The van der Waals surface area contributed by atoms with Crippen molar-refractivity contribution in [3.8, 4) is 0 Å². The number of carbonyl (C=O) groups excluding carboxylic acids is 1. The summed E-state index contributed by atoms with van der Waals surface area (Å²) in [6.07, 6.45) is 2.51. The van der Waals surface area contributed by atoms with Gasteiger partial charge >= 0.3 is 0 Å². The van der Waals surface area contributed by atoms with Crippen molar-refractivity contribution < 1.29 is 17.6 Å². The zero-order chi connectivity index (χ0) is 23.3. The summed E-state index contributed by atoms with van der Waals surface area (Å²) in [5.41, 5.74) is 2.12. The lowest BCUT2D eigenvalue weighted by atomic mass is 9.96. The van der Waals surface area contributed by atoms with Gasteiger partial charge in [-0.15, -0.1) is 0 Å². The maximum Gasteiger partial charge on any atom is 0.225 e. The van der Waals surface area contributed by atoms with Gasteiger partial charge < -0.3 is 9.80 Å². The van der Waals surface area contributed by atoms with Crippen LogP contribution in [0.4, 0.5) is 10.1 Å². The van der Waals surface area contributed by atoms with E-state index in [-0.39, 0.29) is 23.4 Å². The van der Waals surface area contributed by atoms with Crippen LogP contribution >= 0.6 is 0 Å². The van der Waals surface area contributed by atoms with Gasteiger partial charge in [0.05, 0.1) is 5.75 Å². The molecule has 0 radical (unpaired) electrons. The molecule has 2 saturated heterocycles. The van der Waals surface area contributed by atoms with Crippen molar-refractivity contribution >= 4 is 21.6 Å².